The Morgan fingerprint density at radius 1 is 1.03 bits per heavy atom. The monoisotopic (exact) mass is 480 g/mol. The van der Waals surface area contributed by atoms with Crippen molar-refractivity contribution < 1.29 is 47.4 Å². The highest BCUT2D eigenvalue weighted by Gasteiger charge is 2.53. The molecular weight excluding hydrogens is 447 g/mol. The minimum absolute atomic E-state index is 0.135. The first-order chi connectivity index (χ1) is 16.0. The topological polar surface area (TPSA) is 116 Å². The molecule has 0 unspecified atom stereocenters. The molecule has 2 rings (SSSR count). The molecule has 10 nitrogen and oxygen atoms in total. The summed E-state index contributed by atoms with van der Waals surface area (Å²) in [5.74, 6) is -2.08. The Balaban J connectivity index is 2.56. The second-order valence-electron chi connectivity index (χ2n) is 8.75. The molecule has 11 heteroatoms. The lowest BCUT2D eigenvalue weighted by molar-refractivity contribution is -0.149. The van der Waals surface area contributed by atoms with E-state index >= 15 is 0 Å². The summed E-state index contributed by atoms with van der Waals surface area (Å²) in [5, 5.41) is 0. The number of ether oxygens (including phenoxy) is 5. The predicted molar refractivity (Wildman–Crippen MR) is 122 cm³/mol. The van der Waals surface area contributed by atoms with Crippen LogP contribution in [0.4, 0.5) is 0 Å². The molecule has 34 heavy (non-hydrogen) atoms. The van der Waals surface area contributed by atoms with Crippen LogP contribution in [0.25, 0.3) is 0 Å². The fraction of sp³-hybridized carbons (Fsp3) is 0.609. The van der Waals surface area contributed by atoms with Gasteiger partial charge in [-0.25, -0.2) is 0 Å². The molecular formula is C23H33BO10. The van der Waals surface area contributed by atoms with Crippen LogP contribution in [-0.2, 0) is 37.8 Å². The average molecular weight is 480 g/mol. The van der Waals surface area contributed by atoms with Crippen LogP contribution >= 0.6 is 0 Å². The van der Waals surface area contributed by atoms with Gasteiger partial charge in [-0.2, -0.15) is 0 Å². The predicted octanol–water partition coefficient (Wildman–Crippen LogP) is 1.62. The lowest BCUT2D eigenvalue weighted by atomic mass is 9.75. The van der Waals surface area contributed by atoms with Crippen molar-refractivity contribution in [3.05, 3.63) is 23.3 Å². The van der Waals surface area contributed by atoms with E-state index in [1.54, 1.807) is 13.2 Å². The molecule has 1 fully saturated rings. The van der Waals surface area contributed by atoms with E-state index in [-0.39, 0.29) is 24.5 Å². The maximum Gasteiger partial charge on any atom is 0.498 e. The molecule has 1 heterocycles. The number of hydrogen-bond acceptors (Lipinski definition) is 10. The van der Waals surface area contributed by atoms with Crippen molar-refractivity contribution >= 4 is 30.8 Å². The van der Waals surface area contributed by atoms with Crippen molar-refractivity contribution in [2.75, 3.05) is 41.3 Å². The van der Waals surface area contributed by atoms with Crippen LogP contribution < -0.4 is 10.2 Å². The Morgan fingerprint density at radius 2 is 1.68 bits per heavy atom. The number of carbonyl (C=O) groups is 3. The van der Waals surface area contributed by atoms with Gasteiger partial charge in [-0.1, -0.05) is 6.07 Å². The highest BCUT2D eigenvalue weighted by molar-refractivity contribution is 6.63. The number of methoxy groups -OCH3 is 3. The van der Waals surface area contributed by atoms with Gasteiger partial charge in [-0.05, 0) is 39.3 Å². The van der Waals surface area contributed by atoms with E-state index in [2.05, 4.69) is 0 Å². The molecule has 1 aliphatic rings. The van der Waals surface area contributed by atoms with Gasteiger partial charge in [-0.15, -0.1) is 0 Å². The van der Waals surface area contributed by atoms with E-state index in [1.165, 1.54) is 20.3 Å². The van der Waals surface area contributed by atoms with Gasteiger partial charge < -0.3 is 33.0 Å². The second-order valence-corrected chi connectivity index (χ2v) is 8.75. The molecule has 0 N–H and O–H groups in total. The largest absolute Gasteiger partial charge is 0.498 e. The zero-order valence-corrected chi connectivity index (χ0v) is 20.8. The summed E-state index contributed by atoms with van der Waals surface area (Å²) >= 11 is 0. The summed E-state index contributed by atoms with van der Waals surface area (Å²) in [7, 11) is 3.09. The lowest BCUT2D eigenvalue weighted by Crippen LogP contribution is -2.41. The Labute approximate surface area is 200 Å². The van der Waals surface area contributed by atoms with E-state index in [1.807, 2.05) is 27.7 Å². The molecule has 0 aromatic heterocycles. The van der Waals surface area contributed by atoms with Crippen LogP contribution in [-0.4, -0.2) is 77.9 Å². The van der Waals surface area contributed by atoms with Gasteiger partial charge in [0.05, 0.1) is 56.5 Å². The number of esters is 2. The molecule has 1 atom stereocenters. The van der Waals surface area contributed by atoms with Crippen LogP contribution in [0.15, 0.2) is 12.1 Å². The molecule has 1 saturated heterocycles. The highest BCUT2D eigenvalue weighted by Crippen LogP contribution is 2.38. The molecule has 0 aliphatic carbocycles. The van der Waals surface area contributed by atoms with Gasteiger partial charge in [-0.3, -0.25) is 14.4 Å². The number of benzene rings is 1. The Hall–Kier alpha value is -2.47. The van der Waals surface area contributed by atoms with E-state index < -0.39 is 36.2 Å². The average Bonchev–Trinajstić information content (AvgIpc) is 3.02. The van der Waals surface area contributed by atoms with Gasteiger partial charge in [0.1, 0.15) is 5.75 Å². The molecule has 0 saturated carbocycles. The molecule has 1 aromatic carbocycles. The molecule has 0 spiro atoms. The van der Waals surface area contributed by atoms with Crippen molar-refractivity contribution in [3.63, 3.8) is 0 Å². The van der Waals surface area contributed by atoms with Gasteiger partial charge in [0.2, 0.25) is 0 Å². The number of carbonyl (C=O) groups excluding carboxylic acids is 3. The summed E-state index contributed by atoms with van der Waals surface area (Å²) < 4.78 is 38.1. The van der Waals surface area contributed by atoms with Crippen molar-refractivity contribution in [3.8, 4) is 5.75 Å². The van der Waals surface area contributed by atoms with Gasteiger partial charge in [0, 0.05) is 12.6 Å². The van der Waals surface area contributed by atoms with Crippen LogP contribution in [0.3, 0.4) is 0 Å². The van der Waals surface area contributed by atoms with Crippen LogP contribution in [0, 0.1) is 0 Å². The summed E-state index contributed by atoms with van der Waals surface area (Å²) in [5.41, 5.74) is -0.468. The first-order valence-corrected chi connectivity index (χ1v) is 10.8. The molecule has 0 radical (unpaired) electrons. The number of hydrogen-bond donors (Lipinski definition) is 0. The quantitative estimate of drug-likeness (QED) is 0.144. The summed E-state index contributed by atoms with van der Waals surface area (Å²) in [6.45, 7) is 8.07. The minimum Gasteiger partial charge on any atom is -0.469 e. The van der Waals surface area contributed by atoms with Crippen molar-refractivity contribution in [2.24, 2.45) is 0 Å². The molecule has 188 valence electrons. The van der Waals surface area contributed by atoms with Crippen LogP contribution in [0.5, 0.6) is 5.75 Å². The fourth-order valence-electron chi connectivity index (χ4n) is 3.33. The van der Waals surface area contributed by atoms with Crippen molar-refractivity contribution in [1.29, 1.82) is 0 Å². The third kappa shape index (κ3) is 6.35. The Kier molecular flexibility index (Phi) is 9.63. The van der Waals surface area contributed by atoms with Crippen molar-refractivity contribution in [1.82, 2.24) is 0 Å². The normalized spacial score (nSPS) is 17.2. The Morgan fingerprint density at radius 3 is 2.21 bits per heavy atom. The van der Waals surface area contributed by atoms with Crippen LogP contribution in [0.1, 0.15) is 56.0 Å². The highest BCUT2D eigenvalue weighted by atomic mass is 16.7. The summed E-state index contributed by atoms with van der Waals surface area (Å²) in [6, 6.07) is 3.08. The lowest BCUT2D eigenvalue weighted by Gasteiger charge is -2.32. The zero-order chi connectivity index (χ0) is 25.5. The second kappa shape index (κ2) is 11.8. The molecule has 0 amide bonds. The molecule has 0 bridgehead atoms. The van der Waals surface area contributed by atoms with Crippen molar-refractivity contribution in [2.45, 2.75) is 51.2 Å². The smallest absolute Gasteiger partial charge is 0.469 e. The number of rotatable bonds is 12. The summed E-state index contributed by atoms with van der Waals surface area (Å²) in [6.07, 6.45) is 0.319. The van der Waals surface area contributed by atoms with E-state index in [4.69, 9.17) is 33.0 Å². The third-order valence-corrected chi connectivity index (χ3v) is 6.01. The first-order valence-electron chi connectivity index (χ1n) is 10.8. The van der Waals surface area contributed by atoms with E-state index in [9.17, 15) is 14.4 Å². The molecule has 1 aliphatic heterocycles. The van der Waals surface area contributed by atoms with Gasteiger partial charge >= 0.3 is 19.1 Å². The zero-order valence-electron chi connectivity index (χ0n) is 20.8. The first kappa shape index (κ1) is 27.8. The van der Waals surface area contributed by atoms with Crippen LogP contribution in [0.2, 0.25) is 0 Å². The fourth-order valence-corrected chi connectivity index (χ4v) is 3.33. The maximum atomic E-state index is 12.5. The third-order valence-electron chi connectivity index (χ3n) is 6.01. The maximum absolute atomic E-state index is 12.5. The van der Waals surface area contributed by atoms with E-state index in [0.717, 1.165) is 0 Å². The van der Waals surface area contributed by atoms with E-state index in [0.29, 0.717) is 30.5 Å². The van der Waals surface area contributed by atoms with Gasteiger partial charge in [0.25, 0.3) is 0 Å². The SMILES string of the molecule is COCCOCOc1c(C=O)cc([C@H](CC(=O)OC)C(=O)OC)cc1B1OC(C)(C)C(C)(C)O1. The standard InChI is InChI=1S/C23H33BO10/c1-22(2)23(3,4)34-24(33-22)18-11-15(17(21(27)30-7)12-19(26)29-6)10-16(13-25)20(18)32-14-31-9-8-28-5/h10-11,13,17H,8-9,12,14H2,1-7H3/t17-/m0/s1. The summed E-state index contributed by atoms with van der Waals surface area (Å²) in [4.78, 5) is 36.5. The Bertz CT molecular complexity index is 867. The minimum atomic E-state index is -1.01. The number of aldehydes is 1. The molecule has 1 aromatic rings. The van der Waals surface area contributed by atoms with Gasteiger partial charge in [0.15, 0.2) is 13.1 Å².